The summed E-state index contributed by atoms with van der Waals surface area (Å²) in [5.74, 6) is 0.678. The van der Waals surface area contributed by atoms with Crippen molar-refractivity contribution in [3.8, 4) is 5.75 Å². The second kappa shape index (κ2) is 5.84. The SMILES string of the molecule is COc1ccccc1NC(=O)CCN1CC(N)C1. The quantitative estimate of drug-likeness (QED) is 0.804. The molecule has 0 saturated carbocycles. The first kappa shape index (κ1) is 12.9. The van der Waals surface area contributed by atoms with Crippen molar-refractivity contribution in [3.63, 3.8) is 0 Å². The maximum Gasteiger partial charge on any atom is 0.225 e. The Hall–Kier alpha value is -1.59. The lowest BCUT2D eigenvalue weighted by atomic mass is 10.1. The van der Waals surface area contributed by atoms with Crippen LogP contribution in [0.5, 0.6) is 5.75 Å². The Balaban J connectivity index is 1.79. The summed E-state index contributed by atoms with van der Waals surface area (Å²) in [4.78, 5) is 14.0. The summed E-state index contributed by atoms with van der Waals surface area (Å²) in [5, 5.41) is 2.85. The lowest BCUT2D eigenvalue weighted by Gasteiger charge is -2.36. The summed E-state index contributed by atoms with van der Waals surface area (Å²) in [6.07, 6.45) is 0.477. The van der Waals surface area contributed by atoms with Gasteiger partial charge in [0.2, 0.25) is 5.91 Å². The molecule has 1 amide bonds. The number of nitrogens with one attached hydrogen (secondary N) is 1. The van der Waals surface area contributed by atoms with Crippen molar-refractivity contribution in [3.05, 3.63) is 24.3 Å². The number of nitrogens with zero attached hydrogens (tertiary/aromatic N) is 1. The molecule has 0 spiro atoms. The zero-order chi connectivity index (χ0) is 13.0. The van der Waals surface area contributed by atoms with Crippen LogP contribution in [0.15, 0.2) is 24.3 Å². The molecule has 0 aromatic heterocycles. The predicted octanol–water partition coefficient (Wildman–Crippen LogP) is 0.667. The standard InChI is InChI=1S/C13H19N3O2/c1-18-12-5-3-2-4-11(12)15-13(17)6-7-16-8-10(14)9-16/h2-5,10H,6-9,14H2,1H3,(H,15,17). The van der Waals surface area contributed by atoms with Crippen molar-refractivity contribution in [2.24, 2.45) is 5.73 Å². The first-order chi connectivity index (χ1) is 8.69. The molecule has 1 fully saturated rings. The smallest absolute Gasteiger partial charge is 0.225 e. The van der Waals surface area contributed by atoms with Gasteiger partial charge in [-0.15, -0.1) is 0 Å². The van der Waals surface area contributed by atoms with Crippen molar-refractivity contribution in [2.75, 3.05) is 32.1 Å². The maximum absolute atomic E-state index is 11.8. The fourth-order valence-electron chi connectivity index (χ4n) is 2.01. The van der Waals surface area contributed by atoms with Gasteiger partial charge in [0, 0.05) is 32.1 Å². The number of amides is 1. The summed E-state index contributed by atoms with van der Waals surface area (Å²) in [6, 6.07) is 7.67. The van der Waals surface area contributed by atoms with Gasteiger partial charge in [0.05, 0.1) is 12.8 Å². The van der Waals surface area contributed by atoms with Gasteiger partial charge in [-0.2, -0.15) is 0 Å². The number of hydrogen-bond acceptors (Lipinski definition) is 4. The van der Waals surface area contributed by atoms with Crippen molar-refractivity contribution in [2.45, 2.75) is 12.5 Å². The molecular weight excluding hydrogens is 230 g/mol. The van der Waals surface area contributed by atoms with Gasteiger partial charge in [-0.3, -0.25) is 9.69 Å². The zero-order valence-electron chi connectivity index (χ0n) is 10.6. The number of ether oxygens (including phenoxy) is 1. The van der Waals surface area contributed by atoms with Crippen LogP contribution in [0, 0.1) is 0 Å². The highest BCUT2D eigenvalue weighted by Gasteiger charge is 2.22. The Morgan fingerprint density at radius 2 is 2.22 bits per heavy atom. The minimum absolute atomic E-state index is 0.0000265. The molecule has 0 radical (unpaired) electrons. The molecule has 18 heavy (non-hydrogen) atoms. The lowest BCUT2D eigenvalue weighted by Crippen LogP contribution is -2.56. The Bertz CT molecular complexity index is 416. The molecule has 5 nitrogen and oxygen atoms in total. The van der Waals surface area contributed by atoms with Gasteiger partial charge in [0.25, 0.3) is 0 Å². The van der Waals surface area contributed by atoms with Gasteiger partial charge >= 0.3 is 0 Å². The number of benzene rings is 1. The molecule has 1 saturated heterocycles. The third-order valence-corrected chi connectivity index (χ3v) is 3.02. The lowest BCUT2D eigenvalue weighted by molar-refractivity contribution is -0.116. The van der Waals surface area contributed by atoms with Crippen molar-refractivity contribution in [1.29, 1.82) is 0 Å². The van der Waals surface area contributed by atoms with Gasteiger partial charge in [0.15, 0.2) is 0 Å². The average molecular weight is 249 g/mol. The van der Waals surface area contributed by atoms with E-state index in [1.807, 2.05) is 24.3 Å². The van der Waals surface area contributed by atoms with Gasteiger partial charge in [-0.1, -0.05) is 12.1 Å². The van der Waals surface area contributed by atoms with Crippen molar-refractivity contribution < 1.29 is 9.53 Å². The largest absolute Gasteiger partial charge is 0.495 e. The molecule has 1 aliphatic heterocycles. The third kappa shape index (κ3) is 3.21. The van der Waals surface area contributed by atoms with E-state index < -0.39 is 0 Å². The highest BCUT2D eigenvalue weighted by Crippen LogP contribution is 2.23. The molecular formula is C13H19N3O2. The van der Waals surface area contributed by atoms with Gasteiger partial charge < -0.3 is 15.8 Å². The number of anilines is 1. The van der Waals surface area contributed by atoms with Crippen LogP contribution in [0.25, 0.3) is 0 Å². The maximum atomic E-state index is 11.8. The summed E-state index contributed by atoms with van der Waals surface area (Å²) < 4.78 is 5.18. The van der Waals surface area contributed by atoms with E-state index in [-0.39, 0.29) is 11.9 Å². The molecule has 1 aromatic carbocycles. The molecule has 0 atom stereocenters. The number of likely N-dealkylation sites (tertiary alicyclic amines) is 1. The summed E-state index contributed by atoms with van der Waals surface area (Å²) in [7, 11) is 1.59. The molecule has 0 aliphatic carbocycles. The van der Waals surface area contributed by atoms with Crippen LogP contribution in [0.2, 0.25) is 0 Å². The van der Waals surface area contributed by atoms with E-state index in [1.165, 1.54) is 0 Å². The van der Waals surface area contributed by atoms with Gasteiger partial charge in [-0.05, 0) is 12.1 Å². The predicted molar refractivity (Wildman–Crippen MR) is 70.7 cm³/mol. The van der Waals surface area contributed by atoms with Gasteiger partial charge in [-0.25, -0.2) is 0 Å². The molecule has 0 bridgehead atoms. The Morgan fingerprint density at radius 3 is 2.89 bits per heavy atom. The first-order valence-corrected chi connectivity index (χ1v) is 6.10. The number of carbonyl (C=O) groups excluding carboxylic acids is 1. The van der Waals surface area contributed by atoms with Crippen LogP contribution in [-0.4, -0.2) is 43.6 Å². The van der Waals surface area contributed by atoms with Crippen molar-refractivity contribution in [1.82, 2.24) is 4.90 Å². The topological polar surface area (TPSA) is 67.6 Å². The van der Waals surface area contributed by atoms with E-state index in [2.05, 4.69) is 10.2 Å². The van der Waals surface area contributed by atoms with Crippen LogP contribution in [0.3, 0.4) is 0 Å². The molecule has 1 heterocycles. The fourth-order valence-corrected chi connectivity index (χ4v) is 2.01. The third-order valence-electron chi connectivity index (χ3n) is 3.02. The zero-order valence-corrected chi connectivity index (χ0v) is 10.6. The second-order valence-electron chi connectivity index (χ2n) is 4.52. The van der Waals surface area contributed by atoms with Crippen LogP contribution in [0.1, 0.15) is 6.42 Å². The van der Waals surface area contributed by atoms with Crippen LogP contribution in [0.4, 0.5) is 5.69 Å². The number of hydrogen-bond donors (Lipinski definition) is 2. The summed E-state index contributed by atoms with van der Waals surface area (Å²) >= 11 is 0. The monoisotopic (exact) mass is 249 g/mol. The molecule has 1 aromatic rings. The number of para-hydroxylation sites is 2. The first-order valence-electron chi connectivity index (χ1n) is 6.10. The Morgan fingerprint density at radius 1 is 1.50 bits per heavy atom. The fraction of sp³-hybridized carbons (Fsp3) is 0.462. The molecule has 3 N–H and O–H groups in total. The van der Waals surface area contributed by atoms with E-state index in [4.69, 9.17) is 10.5 Å². The second-order valence-corrected chi connectivity index (χ2v) is 4.52. The van der Waals surface area contributed by atoms with E-state index in [9.17, 15) is 4.79 Å². The van der Waals surface area contributed by atoms with Crippen LogP contribution < -0.4 is 15.8 Å². The molecule has 1 aliphatic rings. The normalized spacial score (nSPS) is 16.1. The highest BCUT2D eigenvalue weighted by atomic mass is 16.5. The number of nitrogens with two attached hydrogens (primary N) is 1. The average Bonchev–Trinajstić information content (AvgIpc) is 2.34. The summed E-state index contributed by atoms with van der Waals surface area (Å²) in [6.45, 7) is 2.54. The number of methoxy groups -OCH3 is 1. The molecule has 98 valence electrons. The van der Waals surface area contributed by atoms with E-state index >= 15 is 0 Å². The van der Waals surface area contributed by atoms with Crippen molar-refractivity contribution >= 4 is 11.6 Å². The Kier molecular flexibility index (Phi) is 4.17. The van der Waals surface area contributed by atoms with Gasteiger partial charge in [0.1, 0.15) is 5.75 Å². The highest BCUT2D eigenvalue weighted by molar-refractivity contribution is 5.92. The Labute approximate surface area is 107 Å². The van der Waals surface area contributed by atoms with Crippen LogP contribution in [-0.2, 0) is 4.79 Å². The minimum atomic E-state index is -0.0000265. The minimum Gasteiger partial charge on any atom is -0.495 e. The molecule has 2 rings (SSSR count). The molecule has 5 heteroatoms. The molecule has 0 unspecified atom stereocenters. The van der Waals surface area contributed by atoms with E-state index in [0.29, 0.717) is 17.9 Å². The van der Waals surface area contributed by atoms with Crippen LogP contribution >= 0.6 is 0 Å². The number of carbonyl (C=O) groups is 1. The van der Waals surface area contributed by atoms with E-state index in [0.717, 1.165) is 19.6 Å². The number of rotatable bonds is 5. The summed E-state index contributed by atoms with van der Waals surface area (Å²) in [5.41, 5.74) is 6.39. The van der Waals surface area contributed by atoms with E-state index in [1.54, 1.807) is 7.11 Å².